The van der Waals surface area contributed by atoms with Crippen LogP contribution in [0.3, 0.4) is 0 Å². The molecule has 0 radical (unpaired) electrons. The van der Waals surface area contributed by atoms with Crippen molar-refractivity contribution in [1.82, 2.24) is 14.8 Å². The lowest BCUT2D eigenvalue weighted by molar-refractivity contribution is 0.102. The van der Waals surface area contributed by atoms with Gasteiger partial charge in [0, 0.05) is 19.4 Å². The number of carbonyl (C=O) groups is 1. The molecule has 2 aromatic rings. The molecule has 0 unspecified atom stereocenters. The number of pyridine rings is 1. The number of nitrogens with zero attached hydrogens (tertiary/aromatic N) is 3. The minimum atomic E-state index is -0.818. The number of halogens is 1. The summed E-state index contributed by atoms with van der Waals surface area (Å²) in [4.78, 5) is 15.6. The normalized spacial score (nSPS) is 10.5. The molecule has 0 bridgehead atoms. The molecule has 2 heterocycles. The van der Waals surface area contributed by atoms with E-state index in [1.165, 1.54) is 12.3 Å². The Balaban J connectivity index is 2.28. The molecule has 7 heteroatoms. The van der Waals surface area contributed by atoms with Crippen LogP contribution in [0.25, 0.3) is 0 Å². The van der Waals surface area contributed by atoms with Gasteiger partial charge in [-0.25, -0.2) is 9.37 Å². The van der Waals surface area contributed by atoms with Gasteiger partial charge in [-0.05, 0) is 12.5 Å². The predicted molar refractivity (Wildman–Crippen MR) is 69.1 cm³/mol. The summed E-state index contributed by atoms with van der Waals surface area (Å²) in [5.41, 5.74) is 6.48. The van der Waals surface area contributed by atoms with E-state index in [9.17, 15) is 9.18 Å². The molecule has 0 aliphatic heterocycles. The van der Waals surface area contributed by atoms with Gasteiger partial charge in [0.25, 0.3) is 5.91 Å². The van der Waals surface area contributed by atoms with Crippen LogP contribution in [-0.4, -0.2) is 20.7 Å². The molecule has 0 spiro atoms. The van der Waals surface area contributed by atoms with Crippen LogP contribution in [0.4, 0.5) is 15.9 Å². The fraction of sp³-hybridized carbons (Fsp3) is 0.250. The summed E-state index contributed by atoms with van der Waals surface area (Å²) in [7, 11) is 1.75. The summed E-state index contributed by atoms with van der Waals surface area (Å²) in [5, 5.41) is 6.81. The second-order valence-electron chi connectivity index (χ2n) is 4.03. The van der Waals surface area contributed by atoms with Gasteiger partial charge >= 0.3 is 0 Å². The highest BCUT2D eigenvalue weighted by molar-refractivity contribution is 6.05. The van der Waals surface area contributed by atoms with E-state index in [-0.39, 0.29) is 11.4 Å². The number of amides is 1. The topological polar surface area (TPSA) is 85.8 Å². The zero-order chi connectivity index (χ0) is 14.0. The van der Waals surface area contributed by atoms with Crippen molar-refractivity contribution in [2.75, 3.05) is 11.1 Å². The number of nitrogens with one attached hydrogen (secondary N) is 1. The number of rotatable bonds is 3. The number of hydrogen-bond donors (Lipinski definition) is 2. The van der Waals surface area contributed by atoms with E-state index in [1.54, 1.807) is 17.9 Å². The van der Waals surface area contributed by atoms with Gasteiger partial charge in [-0.3, -0.25) is 9.48 Å². The Morgan fingerprint density at radius 1 is 1.58 bits per heavy atom. The standard InChI is InChI=1S/C12H14FN5O/c1-3-8-9(6-18(2)17-8)16-12(19)7-4-5-15-11(14)10(7)13/h4-6H,3H2,1-2H3,(H2,14,15)(H,16,19). The van der Waals surface area contributed by atoms with Crippen LogP contribution in [0.15, 0.2) is 18.5 Å². The monoisotopic (exact) mass is 263 g/mol. The molecule has 100 valence electrons. The van der Waals surface area contributed by atoms with Crippen LogP contribution in [0.2, 0.25) is 0 Å². The van der Waals surface area contributed by atoms with Gasteiger partial charge < -0.3 is 11.1 Å². The third-order valence-corrected chi connectivity index (χ3v) is 2.65. The third kappa shape index (κ3) is 2.54. The SMILES string of the molecule is CCc1nn(C)cc1NC(=O)c1ccnc(N)c1F. The molecule has 2 rings (SSSR count). The molecule has 0 aliphatic rings. The maximum Gasteiger partial charge on any atom is 0.258 e. The second-order valence-corrected chi connectivity index (χ2v) is 4.03. The first kappa shape index (κ1) is 13.0. The number of anilines is 2. The van der Waals surface area contributed by atoms with Crippen molar-refractivity contribution in [2.45, 2.75) is 13.3 Å². The maximum absolute atomic E-state index is 13.7. The number of nitrogen functional groups attached to an aromatic ring is 1. The van der Waals surface area contributed by atoms with Crippen molar-refractivity contribution >= 4 is 17.4 Å². The second kappa shape index (κ2) is 5.05. The molecule has 1 amide bonds. The Morgan fingerprint density at radius 3 is 3.00 bits per heavy atom. The van der Waals surface area contributed by atoms with Crippen LogP contribution in [-0.2, 0) is 13.5 Å². The third-order valence-electron chi connectivity index (χ3n) is 2.65. The first-order valence-corrected chi connectivity index (χ1v) is 5.76. The minimum absolute atomic E-state index is 0.140. The summed E-state index contributed by atoms with van der Waals surface area (Å²) in [6.07, 6.45) is 3.62. The van der Waals surface area contributed by atoms with Gasteiger partial charge in [-0.2, -0.15) is 5.10 Å². The lowest BCUT2D eigenvalue weighted by Crippen LogP contribution is -2.15. The summed E-state index contributed by atoms with van der Waals surface area (Å²) in [6, 6.07) is 1.28. The highest BCUT2D eigenvalue weighted by Crippen LogP contribution is 2.17. The lowest BCUT2D eigenvalue weighted by atomic mass is 10.2. The average molecular weight is 263 g/mol. The Labute approximate surface area is 109 Å². The summed E-state index contributed by atoms with van der Waals surface area (Å²) >= 11 is 0. The largest absolute Gasteiger partial charge is 0.381 e. The molecule has 6 nitrogen and oxygen atoms in total. The van der Waals surface area contributed by atoms with Crippen LogP contribution in [0, 0.1) is 5.82 Å². The molecule has 3 N–H and O–H groups in total. The van der Waals surface area contributed by atoms with E-state index in [4.69, 9.17) is 5.73 Å². The lowest BCUT2D eigenvalue weighted by Gasteiger charge is -2.06. The molecule has 0 atom stereocenters. The van der Waals surface area contributed by atoms with Crippen molar-refractivity contribution in [3.05, 3.63) is 35.5 Å². The van der Waals surface area contributed by atoms with Crippen LogP contribution in [0.5, 0.6) is 0 Å². The zero-order valence-corrected chi connectivity index (χ0v) is 10.6. The summed E-state index contributed by atoms with van der Waals surface area (Å²) in [5.74, 6) is -1.69. The van der Waals surface area contributed by atoms with Gasteiger partial charge in [0.15, 0.2) is 11.6 Å². The number of hydrogen-bond acceptors (Lipinski definition) is 4. The average Bonchev–Trinajstić information content (AvgIpc) is 2.72. The molecule has 19 heavy (non-hydrogen) atoms. The van der Waals surface area contributed by atoms with Crippen molar-refractivity contribution in [3.63, 3.8) is 0 Å². The molecular weight excluding hydrogens is 249 g/mol. The Bertz CT molecular complexity index is 623. The van der Waals surface area contributed by atoms with Gasteiger partial charge in [0.1, 0.15) is 0 Å². The number of aromatic nitrogens is 3. The van der Waals surface area contributed by atoms with E-state index in [2.05, 4.69) is 15.4 Å². The molecule has 0 aliphatic carbocycles. The first-order valence-electron chi connectivity index (χ1n) is 5.76. The summed E-state index contributed by atoms with van der Waals surface area (Å²) in [6.45, 7) is 1.92. The molecule has 0 saturated carbocycles. The van der Waals surface area contributed by atoms with E-state index in [0.717, 1.165) is 5.69 Å². The Morgan fingerprint density at radius 2 is 2.32 bits per heavy atom. The highest BCUT2D eigenvalue weighted by atomic mass is 19.1. The van der Waals surface area contributed by atoms with Gasteiger partial charge in [0.05, 0.1) is 16.9 Å². The predicted octanol–water partition coefficient (Wildman–Crippen LogP) is 1.35. The molecular formula is C12H14FN5O. The smallest absolute Gasteiger partial charge is 0.258 e. The molecule has 0 saturated heterocycles. The molecule has 2 aromatic heterocycles. The van der Waals surface area contributed by atoms with Crippen LogP contribution >= 0.6 is 0 Å². The van der Waals surface area contributed by atoms with Crippen LogP contribution < -0.4 is 11.1 Å². The van der Waals surface area contributed by atoms with E-state index >= 15 is 0 Å². The van der Waals surface area contributed by atoms with Gasteiger partial charge in [-0.15, -0.1) is 0 Å². The van der Waals surface area contributed by atoms with Gasteiger partial charge in [0.2, 0.25) is 0 Å². The fourth-order valence-corrected chi connectivity index (χ4v) is 1.72. The molecule has 0 fully saturated rings. The molecule has 0 aromatic carbocycles. The van der Waals surface area contributed by atoms with Crippen LogP contribution in [0.1, 0.15) is 23.0 Å². The fourth-order valence-electron chi connectivity index (χ4n) is 1.72. The number of carbonyl (C=O) groups excluding carboxylic acids is 1. The summed E-state index contributed by atoms with van der Waals surface area (Å²) < 4.78 is 15.3. The van der Waals surface area contributed by atoms with Crippen molar-refractivity contribution in [3.8, 4) is 0 Å². The maximum atomic E-state index is 13.7. The number of nitrogens with two attached hydrogens (primary N) is 1. The van der Waals surface area contributed by atoms with Crippen molar-refractivity contribution in [2.24, 2.45) is 7.05 Å². The van der Waals surface area contributed by atoms with E-state index in [0.29, 0.717) is 12.1 Å². The van der Waals surface area contributed by atoms with E-state index < -0.39 is 11.7 Å². The van der Waals surface area contributed by atoms with E-state index in [1.807, 2.05) is 6.92 Å². The number of aryl methyl sites for hydroxylation is 2. The van der Waals surface area contributed by atoms with Gasteiger partial charge in [-0.1, -0.05) is 6.92 Å². The van der Waals surface area contributed by atoms with Crippen molar-refractivity contribution < 1.29 is 9.18 Å². The highest BCUT2D eigenvalue weighted by Gasteiger charge is 2.16. The minimum Gasteiger partial charge on any atom is -0.381 e. The Kier molecular flexibility index (Phi) is 3.46. The first-order chi connectivity index (χ1) is 9.02. The zero-order valence-electron chi connectivity index (χ0n) is 10.6. The Hall–Kier alpha value is -2.44. The quantitative estimate of drug-likeness (QED) is 0.875. The van der Waals surface area contributed by atoms with Crippen molar-refractivity contribution in [1.29, 1.82) is 0 Å².